The molecule has 0 unspecified atom stereocenters. The molecule has 0 aromatic heterocycles. The van der Waals surface area contributed by atoms with Crippen molar-refractivity contribution in [3.63, 3.8) is 0 Å². The molecule has 0 bridgehead atoms. The Morgan fingerprint density at radius 1 is 1.47 bits per heavy atom. The van der Waals surface area contributed by atoms with Crippen molar-refractivity contribution in [3.8, 4) is 11.5 Å². The summed E-state index contributed by atoms with van der Waals surface area (Å²) in [4.78, 5) is 0. The van der Waals surface area contributed by atoms with Gasteiger partial charge in [-0.3, -0.25) is 0 Å². The lowest BCUT2D eigenvalue weighted by Gasteiger charge is -2.26. The van der Waals surface area contributed by atoms with Crippen LogP contribution in [0.5, 0.6) is 11.5 Å². The van der Waals surface area contributed by atoms with Crippen molar-refractivity contribution in [1.29, 1.82) is 0 Å². The van der Waals surface area contributed by atoms with Crippen molar-refractivity contribution in [2.45, 2.75) is 6.10 Å². The number of nitrogens with one attached hydrogen (secondary N) is 1. The maximum atomic E-state index is 12.9. The second kappa shape index (κ2) is 4.47. The Morgan fingerprint density at radius 3 is 2.94 bits per heavy atom. The maximum absolute atomic E-state index is 12.9. The fourth-order valence-electron chi connectivity index (χ4n) is 1.40. The van der Waals surface area contributed by atoms with Gasteiger partial charge in [0.05, 0.1) is 6.54 Å². The van der Waals surface area contributed by atoms with E-state index in [0.29, 0.717) is 11.5 Å². The zero-order valence-corrected chi connectivity index (χ0v) is 9.54. The Kier molecular flexibility index (Phi) is 3.18. The highest BCUT2D eigenvalue weighted by atomic mass is 32.2. The second-order valence-corrected chi connectivity index (χ2v) is 4.91. The second-order valence-electron chi connectivity index (χ2n) is 3.54. The zero-order chi connectivity index (χ0) is 12.5. The van der Waals surface area contributed by atoms with Gasteiger partial charge in [0.25, 0.3) is 10.2 Å². The lowest BCUT2D eigenvalue weighted by atomic mass is 10.2. The first kappa shape index (κ1) is 12.1. The molecule has 17 heavy (non-hydrogen) atoms. The fraction of sp³-hybridized carbons (Fsp3) is 0.333. The van der Waals surface area contributed by atoms with E-state index < -0.39 is 22.1 Å². The summed E-state index contributed by atoms with van der Waals surface area (Å²) in [5.41, 5.74) is 0. The van der Waals surface area contributed by atoms with Gasteiger partial charge in [0.1, 0.15) is 18.5 Å². The molecule has 3 N–H and O–H groups in total. The van der Waals surface area contributed by atoms with Gasteiger partial charge in [0, 0.05) is 6.07 Å². The number of hydrogen-bond donors (Lipinski definition) is 2. The number of halogens is 1. The van der Waals surface area contributed by atoms with Crippen molar-refractivity contribution in [2.24, 2.45) is 5.14 Å². The van der Waals surface area contributed by atoms with Crippen LogP contribution in [-0.4, -0.2) is 27.7 Å². The number of nitrogens with two attached hydrogens (primary N) is 1. The third kappa shape index (κ3) is 3.29. The number of benzene rings is 1. The Morgan fingerprint density at radius 2 is 2.24 bits per heavy atom. The van der Waals surface area contributed by atoms with Gasteiger partial charge >= 0.3 is 0 Å². The first-order valence-electron chi connectivity index (χ1n) is 4.80. The van der Waals surface area contributed by atoms with Crippen molar-refractivity contribution in [2.75, 3.05) is 13.2 Å². The first-order chi connectivity index (χ1) is 7.94. The molecule has 0 aliphatic carbocycles. The number of fused-ring (bicyclic) bond motifs is 1. The fourth-order valence-corrected chi connectivity index (χ4v) is 1.82. The summed E-state index contributed by atoms with van der Waals surface area (Å²) >= 11 is 0. The maximum Gasteiger partial charge on any atom is 0.274 e. The van der Waals surface area contributed by atoms with Crippen molar-refractivity contribution < 1.29 is 22.3 Å². The van der Waals surface area contributed by atoms with E-state index in [-0.39, 0.29) is 13.2 Å². The molecule has 0 saturated carbocycles. The Balaban J connectivity index is 2.01. The Hall–Kier alpha value is -1.38. The highest BCUT2D eigenvalue weighted by Gasteiger charge is 2.22. The minimum atomic E-state index is -3.75. The normalized spacial score (nSPS) is 19.1. The summed E-state index contributed by atoms with van der Waals surface area (Å²) in [6.07, 6.45) is -0.494. The monoisotopic (exact) mass is 262 g/mol. The molecule has 0 saturated heterocycles. The molecule has 0 spiro atoms. The van der Waals surface area contributed by atoms with Crippen LogP contribution in [-0.2, 0) is 10.2 Å². The van der Waals surface area contributed by atoms with E-state index >= 15 is 0 Å². The molecule has 1 atom stereocenters. The van der Waals surface area contributed by atoms with E-state index in [2.05, 4.69) is 4.72 Å². The average molecular weight is 262 g/mol. The number of hydrogen-bond acceptors (Lipinski definition) is 4. The summed E-state index contributed by atoms with van der Waals surface area (Å²) in [6, 6.07) is 3.87. The van der Waals surface area contributed by atoms with Gasteiger partial charge in [-0.15, -0.1) is 0 Å². The van der Waals surface area contributed by atoms with Gasteiger partial charge in [-0.1, -0.05) is 0 Å². The van der Waals surface area contributed by atoms with Gasteiger partial charge in [-0.2, -0.15) is 13.1 Å². The minimum Gasteiger partial charge on any atom is -0.486 e. The van der Waals surface area contributed by atoms with Crippen LogP contribution in [0.15, 0.2) is 18.2 Å². The third-order valence-corrected chi connectivity index (χ3v) is 2.71. The predicted molar refractivity (Wildman–Crippen MR) is 57.4 cm³/mol. The molecule has 0 radical (unpaired) electrons. The molecule has 8 heteroatoms. The standard InChI is InChI=1S/C9H11FN2O4S/c10-6-1-2-8-9(3-6)15-5-7(16-8)4-12-17(11,13)14/h1-3,7,12H,4-5H2,(H2,11,13,14)/t7-/m0/s1. The molecule has 1 aliphatic rings. The lowest BCUT2D eigenvalue weighted by Crippen LogP contribution is -2.42. The molecule has 0 amide bonds. The summed E-state index contributed by atoms with van der Waals surface area (Å²) in [6.45, 7) is 0.120. The Bertz CT molecular complexity index is 520. The molecule has 0 fully saturated rings. The van der Waals surface area contributed by atoms with Gasteiger partial charge in [0.15, 0.2) is 11.5 Å². The average Bonchev–Trinajstić information content (AvgIpc) is 2.25. The van der Waals surface area contributed by atoms with E-state index in [1.807, 2.05) is 0 Å². The molecule has 1 aliphatic heterocycles. The van der Waals surface area contributed by atoms with E-state index in [4.69, 9.17) is 14.6 Å². The van der Waals surface area contributed by atoms with E-state index in [1.54, 1.807) is 0 Å². The Labute approximate surface area is 97.7 Å². The number of ether oxygens (including phenoxy) is 2. The molecule has 2 rings (SSSR count). The molecular formula is C9H11FN2O4S. The zero-order valence-electron chi connectivity index (χ0n) is 8.72. The van der Waals surface area contributed by atoms with E-state index in [1.165, 1.54) is 18.2 Å². The molecular weight excluding hydrogens is 251 g/mol. The molecule has 1 aromatic carbocycles. The van der Waals surface area contributed by atoms with Crippen LogP contribution in [0, 0.1) is 5.82 Å². The van der Waals surface area contributed by atoms with Gasteiger partial charge < -0.3 is 9.47 Å². The van der Waals surface area contributed by atoms with E-state index in [9.17, 15) is 12.8 Å². The first-order valence-corrected chi connectivity index (χ1v) is 6.35. The van der Waals surface area contributed by atoms with E-state index in [0.717, 1.165) is 0 Å². The van der Waals surface area contributed by atoms with Crippen LogP contribution in [0.3, 0.4) is 0 Å². The number of rotatable bonds is 3. The quantitative estimate of drug-likeness (QED) is 0.786. The van der Waals surface area contributed by atoms with Crippen LogP contribution < -0.4 is 19.3 Å². The molecule has 94 valence electrons. The largest absolute Gasteiger partial charge is 0.486 e. The smallest absolute Gasteiger partial charge is 0.274 e. The van der Waals surface area contributed by atoms with Crippen LogP contribution >= 0.6 is 0 Å². The molecule has 6 nitrogen and oxygen atoms in total. The summed E-state index contributed by atoms with van der Waals surface area (Å²) < 4.78 is 47.0. The summed E-state index contributed by atoms with van der Waals surface area (Å²) in [7, 11) is -3.75. The van der Waals surface area contributed by atoms with Crippen molar-refractivity contribution >= 4 is 10.2 Å². The highest BCUT2D eigenvalue weighted by Crippen LogP contribution is 2.31. The van der Waals surface area contributed by atoms with Crippen molar-refractivity contribution in [1.82, 2.24) is 4.72 Å². The molecule has 1 heterocycles. The SMILES string of the molecule is NS(=O)(=O)NC[C@H]1COc2cc(F)ccc2O1. The third-order valence-electron chi connectivity index (χ3n) is 2.14. The van der Waals surface area contributed by atoms with Crippen LogP contribution in [0.4, 0.5) is 4.39 Å². The topological polar surface area (TPSA) is 90.7 Å². The van der Waals surface area contributed by atoms with Gasteiger partial charge in [-0.05, 0) is 12.1 Å². The van der Waals surface area contributed by atoms with Gasteiger partial charge in [0.2, 0.25) is 0 Å². The van der Waals surface area contributed by atoms with Crippen molar-refractivity contribution in [3.05, 3.63) is 24.0 Å². The van der Waals surface area contributed by atoms with Crippen LogP contribution in [0.1, 0.15) is 0 Å². The van der Waals surface area contributed by atoms with Crippen LogP contribution in [0.25, 0.3) is 0 Å². The van der Waals surface area contributed by atoms with Gasteiger partial charge in [-0.25, -0.2) is 9.53 Å². The highest BCUT2D eigenvalue weighted by molar-refractivity contribution is 7.87. The van der Waals surface area contributed by atoms with Crippen LogP contribution in [0.2, 0.25) is 0 Å². The minimum absolute atomic E-state index is 0.00432. The predicted octanol–water partition coefficient (Wildman–Crippen LogP) is -0.241. The lowest BCUT2D eigenvalue weighted by molar-refractivity contribution is 0.0938. The molecule has 1 aromatic rings. The summed E-state index contributed by atoms with van der Waals surface area (Å²) in [5, 5.41) is 4.78. The summed E-state index contributed by atoms with van der Waals surface area (Å²) in [5.74, 6) is 0.254.